The van der Waals surface area contributed by atoms with Gasteiger partial charge in [-0.15, -0.1) is 11.3 Å². The van der Waals surface area contributed by atoms with E-state index in [0.29, 0.717) is 5.56 Å². The fourth-order valence-electron chi connectivity index (χ4n) is 1.88. The Morgan fingerprint density at radius 3 is 2.79 bits per heavy atom. The molecule has 19 heavy (non-hydrogen) atoms. The van der Waals surface area contributed by atoms with Crippen molar-refractivity contribution in [2.45, 2.75) is 19.9 Å². The molecule has 0 aliphatic rings. The first kappa shape index (κ1) is 14.1. The number of hydrogen-bond acceptors (Lipinski definition) is 3. The molecule has 0 fully saturated rings. The molecule has 0 radical (unpaired) electrons. The lowest BCUT2D eigenvalue weighted by Gasteiger charge is -2.16. The number of aromatic carboxylic acids is 1. The summed E-state index contributed by atoms with van der Waals surface area (Å²) in [5, 5.41) is 14.5. The molecule has 0 saturated carbocycles. The van der Waals surface area contributed by atoms with Gasteiger partial charge in [0, 0.05) is 20.4 Å². The van der Waals surface area contributed by atoms with Gasteiger partial charge < -0.3 is 10.4 Å². The second kappa shape index (κ2) is 5.75. The van der Waals surface area contributed by atoms with Crippen LogP contribution in [0.25, 0.3) is 0 Å². The normalized spacial score (nSPS) is 12.2. The van der Waals surface area contributed by atoms with Gasteiger partial charge in [0.2, 0.25) is 0 Å². The highest BCUT2D eigenvalue weighted by Crippen LogP contribution is 2.29. The molecule has 3 nitrogen and oxygen atoms in total. The molecule has 2 rings (SSSR count). The number of rotatable bonds is 4. The van der Waals surface area contributed by atoms with Crippen molar-refractivity contribution in [2.75, 3.05) is 5.32 Å². The number of halogens is 1. The number of thiophene rings is 1. The quantitative estimate of drug-likeness (QED) is 0.849. The Morgan fingerprint density at radius 2 is 2.21 bits per heavy atom. The minimum absolute atomic E-state index is 0.138. The maximum Gasteiger partial charge on any atom is 0.336 e. The first-order chi connectivity index (χ1) is 8.99. The Bertz CT molecular complexity index is 609. The summed E-state index contributed by atoms with van der Waals surface area (Å²) < 4.78 is 1.07. The molecule has 0 saturated heterocycles. The molecule has 0 amide bonds. The van der Waals surface area contributed by atoms with E-state index >= 15 is 0 Å². The van der Waals surface area contributed by atoms with Crippen LogP contribution in [0.4, 0.5) is 5.69 Å². The molecular formula is C14H14BrNO2S. The lowest BCUT2D eigenvalue weighted by Crippen LogP contribution is -2.08. The van der Waals surface area contributed by atoms with E-state index in [0.717, 1.165) is 15.7 Å². The molecule has 0 aliphatic heterocycles. The van der Waals surface area contributed by atoms with Crippen LogP contribution < -0.4 is 5.32 Å². The molecule has 100 valence electrons. The Hall–Kier alpha value is -1.33. The fourth-order valence-corrected chi connectivity index (χ4v) is 3.34. The van der Waals surface area contributed by atoms with Gasteiger partial charge in [-0.1, -0.05) is 6.07 Å². The van der Waals surface area contributed by atoms with Crippen LogP contribution in [0.3, 0.4) is 0 Å². The van der Waals surface area contributed by atoms with Crippen LogP contribution in [0.15, 0.2) is 34.1 Å². The van der Waals surface area contributed by atoms with E-state index < -0.39 is 5.97 Å². The number of carbonyl (C=O) groups is 1. The van der Waals surface area contributed by atoms with E-state index in [-0.39, 0.29) is 6.04 Å². The van der Waals surface area contributed by atoms with Gasteiger partial charge in [-0.2, -0.15) is 0 Å². The fraction of sp³-hybridized carbons (Fsp3) is 0.214. The van der Waals surface area contributed by atoms with Crippen molar-refractivity contribution in [3.8, 4) is 0 Å². The summed E-state index contributed by atoms with van der Waals surface area (Å²) in [7, 11) is 0. The van der Waals surface area contributed by atoms with Crippen molar-refractivity contribution >= 4 is 38.9 Å². The van der Waals surface area contributed by atoms with Gasteiger partial charge >= 0.3 is 5.97 Å². The molecular weight excluding hydrogens is 326 g/mol. The maximum absolute atomic E-state index is 11.1. The molecule has 5 heteroatoms. The van der Waals surface area contributed by atoms with Crippen molar-refractivity contribution in [1.82, 2.24) is 0 Å². The van der Waals surface area contributed by atoms with Gasteiger partial charge in [0.15, 0.2) is 0 Å². The Kier molecular flexibility index (Phi) is 4.27. The van der Waals surface area contributed by atoms with E-state index in [4.69, 9.17) is 5.11 Å². The molecule has 0 aliphatic carbocycles. The third-order valence-electron chi connectivity index (χ3n) is 2.95. The summed E-state index contributed by atoms with van der Waals surface area (Å²) in [4.78, 5) is 12.3. The highest BCUT2D eigenvalue weighted by Gasteiger charge is 2.13. The second-order valence-electron chi connectivity index (χ2n) is 4.32. The number of nitrogens with one attached hydrogen (secondary N) is 1. The SMILES string of the molecule is Cc1c(NC(C)c2cc(Br)cs2)cccc1C(=O)O. The number of anilines is 1. The van der Waals surface area contributed by atoms with E-state index in [1.807, 2.05) is 18.4 Å². The van der Waals surface area contributed by atoms with Gasteiger partial charge in [-0.05, 0) is 53.5 Å². The third-order valence-corrected chi connectivity index (χ3v) is 4.83. The molecule has 0 bridgehead atoms. The van der Waals surface area contributed by atoms with E-state index in [1.165, 1.54) is 4.88 Å². The van der Waals surface area contributed by atoms with E-state index in [9.17, 15) is 4.79 Å². The van der Waals surface area contributed by atoms with E-state index in [2.05, 4.69) is 34.2 Å². The summed E-state index contributed by atoms with van der Waals surface area (Å²) in [5.41, 5.74) is 1.96. The predicted molar refractivity (Wildman–Crippen MR) is 82.2 cm³/mol. The maximum atomic E-state index is 11.1. The third kappa shape index (κ3) is 3.16. The monoisotopic (exact) mass is 339 g/mol. The van der Waals surface area contributed by atoms with Crippen LogP contribution in [0, 0.1) is 6.92 Å². The summed E-state index contributed by atoms with van der Waals surface area (Å²) in [6.07, 6.45) is 0. The van der Waals surface area contributed by atoms with Crippen molar-refractivity contribution in [3.05, 3.63) is 50.1 Å². The van der Waals surface area contributed by atoms with Crippen LogP contribution >= 0.6 is 27.3 Å². The van der Waals surface area contributed by atoms with Crippen LogP contribution in [0.2, 0.25) is 0 Å². The van der Waals surface area contributed by atoms with Gasteiger partial charge in [0.1, 0.15) is 0 Å². The average Bonchev–Trinajstić information content (AvgIpc) is 2.78. The van der Waals surface area contributed by atoms with Crippen molar-refractivity contribution < 1.29 is 9.90 Å². The minimum atomic E-state index is -0.896. The zero-order chi connectivity index (χ0) is 14.0. The molecule has 2 N–H and O–H groups in total. The van der Waals surface area contributed by atoms with Crippen LogP contribution in [0.1, 0.15) is 33.8 Å². The Labute approximate surface area is 124 Å². The van der Waals surface area contributed by atoms with E-state index in [1.54, 1.807) is 23.5 Å². The molecule has 2 aromatic rings. The Balaban J connectivity index is 2.24. The zero-order valence-electron chi connectivity index (χ0n) is 10.6. The van der Waals surface area contributed by atoms with Crippen LogP contribution in [0.5, 0.6) is 0 Å². The number of hydrogen-bond donors (Lipinski definition) is 2. The van der Waals surface area contributed by atoms with Gasteiger partial charge in [-0.25, -0.2) is 4.79 Å². The van der Waals surface area contributed by atoms with Gasteiger partial charge in [0.05, 0.1) is 11.6 Å². The number of carboxylic acid groups (broad SMARTS) is 1. The summed E-state index contributed by atoms with van der Waals surface area (Å²) in [6, 6.07) is 7.49. The molecule has 1 atom stereocenters. The second-order valence-corrected chi connectivity index (χ2v) is 6.18. The predicted octanol–water partition coefficient (Wildman–Crippen LogP) is 4.69. The largest absolute Gasteiger partial charge is 0.478 e. The number of carboxylic acids is 1. The van der Waals surface area contributed by atoms with Crippen molar-refractivity contribution in [3.63, 3.8) is 0 Å². The van der Waals surface area contributed by atoms with Crippen LogP contribution in [-0.4, -0.2) is 11.1 Å². The van der Waals surface area contributed by atoms with Gasteiger partial charge in [0.25, 0.3) is 0 Å². The van der Waals surface area contributed by atoms with Crippen molar-refractivity contribution in [1.29, 1.82) is 0 Å². The molecule has 1 aromatic carbocycles. The lowest BCUT2D eigenvalue weighted by molar-refractivity contribution is 0.0696. The molecule has 1 aromatic heterocycles. The Morgan fingerprint density at radius 1 is 1.47 bits per heavy atom. The number of benzene rings is 1. The summed E-state index contributed by atoms with van der Waals surface area (Å²) in [5.74, 6) is -0.896. The average molecular weight is 340 g/mol. The lowest BCUT2D eigenvalue weighted by atomic mass is 10.1. The highest BCUT2D eigenvalue weighted by atomic mass is 79.9. The standard InChI is InChI=1S/C14H14BrNO2S/c1-8-11(14(17)18)4-3-5-12(8)16-9(2)13-6-10(15)7-19-13/h3-7,9,16H,1-2H3,(H,17,18). The smallest absolute Gasteiger partial charge is 0.336 e. The first-order valence-electron chi connectivity index (χ1n) is 5.82. The molecule has 1 unspecified atom stereocenters. The molecule has 1 heterocycles. The zero-order valence-corrected chi connectivity index (χ0v) is 13.0. The first-order valence-corrected chi connectivity index (χ1v) is 7.49. The highest BCUT2D eigenvalue weighted by molar-refractivity contribution is 9.10. The minimum Gasteiger partial charge on any atom is -0.478 e. The van der Waals surface area contributed by atoms with Gasteiger partial charge in [-0.3, -0.25) is 0 Å². The topological polar surface area (TPSA) is 49.3 Å². The summed E-state index contributed by atoms with van der Waals surface area (Å²) >= 11 is 5.10. The summed E-state index contributed by atoms with van der Waals surface area (Å²) in [6.45, 7) is 3.88. The van der Waals surface area contributed by atoms with Crippen LogP contribution in [-0.2, 0) is 0 Å². The van der Waals surface area contributed by atoms with Crippen molar-refractivity contribution in [2.24, 2.45) is 0 Å². The molecule has 0 spiro atoms.